The predicted octanol–water partition coefficient (Wildman–Crippen LogP) is 1.45. The second-order valence-corrected chi connectivity index (χ2v) is 8.12. The molecule has 7 heteroatoms. The highest BCUT2D eigenvalue weighted by atomic mass is 32.2. The van der Waals surface area contributed by atoms with E-state index in [2.05, 4.69) is 0 Å². The summed E-state index contributed by atoms with van der Waals surface area (Å²) in [6.45, 7) is 8.06. The maximum absolute atomic E-state index is 12.8. The van der Waals surface area contributed by atoms with Gasteiger partial charge in [-0.05, 0) is 43.5 Å². The van der Waals surface area contributed by atoms with Crippen LogP contribution in [0.1, 0.15) is 36.2 Å². The number of carbonyl (C=O) groups excluding carboxylic acids is 1. The predicted molar refractivity (Wildman–Crippen MR) is 94.4 cm³/mol. The molecule has 1 aromatic rings. The fourth-order valence-electron chi connectivity index (χ4n) is 3.11. The van der Waals surface area contributed by atoms with Gasteiger partial charge in [0, 0.05) is 31.7 Å². The molecule has 24 heavy (non-hydrogen) atoms. The van der Waals surface area contributed by atoms with Crippen molar-refractivity contribution < 1.29 is 13.2 Å². The van der Waals surface area contributed by atoms with Crippen molar-refractivity contribution in [1.29, 1.82) is 0 Å². The molecule has 0 aliphatic carbocycles. The largest absolute Gasteiger partial charge is 0.338 e. The summed E-state index contributed by atoms with van der Waals surface area (Å²) < 4.78 is 27.0. The van der Waals surface area contributed by atoms with E-state index in [9.17, 15) is 13.2 Å². The monoisotopic (exact) mass is 353 g/mol. The lowest BCUT2D eigenvalue weighted by Crippen LogP contribution is -2.32. The minimum Gasteiger partial charge on any atom is -0.338 e. The van der Waals surface area contributed by atoms with E-state index >= 15 is 0 Å². The highest BCUT2D eigenvalue weighted by molar-refractivity contribution is 7.89. The van der Waals surface area contributed by atoms with Crippen LogP contribution in [0, 0.1) is 12.8 Å². The summed E-state index contributed by atoms with van der Waals surface area (Å²) in [5, 5.41) is 0. The Morgan fingerprint density at radius 2 is 2.00 bits per heavy atom. The maximum atomic E-state index is 12.8. The molecule has 6 nitrogen and oxygen atoms in total. The zero-order valence-corrected chi connectivity index (χ0v) is 15.5. The molecule has 1 fully saturated rings. The van der Waals surface area contributed by atoms with Gasteiger partial charge in [0.25, 0.3) is 5.91 Å². The van der Waals surface area contributed by atoms with Gasteiger partial charge in [0.05, 0.1) is 4.90 Å². The minimum atomic E-state index is -3.58. The van der Waals surface area contributed by atoms with Gasteiger partial charge >= 0.3 is 0 Å². The standard InChI is InChI=1S/C17H27N3O3S/c1-4-20(5-2)24(22,23)16-10-15(7-6-13(16)3)17(21)19-9-8-14(11-18)12-19/h6-7,10,14H,4-5,8-9,11-12,18H2,1-3H3. The van der Waals surface area contributed by atoms with Crippen LogP contribution >= 0.6 is 0 Å². The van der Waals surface area contributed by atoms with E-state index in [0.717, 1.165) is 6.42 Å². The normalized spacial score (nSPS) is 18.4. The number of hydrogen-bond acceptors (Lipinski definition) is 4. The molecule has 1 saturated heterocycles. The number of carbonyl (C=O) groups is 1. The van der Waals surface area contributed by atoms with Crippen LogP contribution in [-0.2, 0) is 10.0 Å². The molecular weight excluding hydrogens is 326 g/mol. The number of hydrogen-bond donors (Lipinski definition) is 1. The number of benzene rings is 1. The van der Waals surface area contributed by atoms with Crippen LogP contribution in [0.4, 0.5) is 0 Å². The van der Waals surface area contributed by atoms with Crippen molar-refractivity contribution in [2.24, 2.45) is 11.7 Å². The second-order valence-electron chi connectivity index (χ2n) is 6.21. The van der Waals surface area contributed by atoms with Crippen molar-refractivity contribution >= 4 is 15.9 Å². The summed E-state index contributed by atoms with van der Waals surface area (Å²) >= 11 is 0. The third kappa shape index (κ3) is 3.63. The lowest BCUT2D eigenvalue weighted by atomic mass is 10.1. The number of aryl methyl sites for hydroxylation is 1. The third-order valence-corrected chi connectivity index (χ3v) is 6.86. The van der Waals surface area contributed by atoms with Crippen LogP contribution in [0.15, 0.2) is 23.1 Å². The highest BCUT2D eigenvalue weighted by Gasteiger charge is 2.28. The summed E-state index contributed by atoms with van der Waals surface area (Å²) in [6, 6.07) is 4.93. The van der Waals surface area contributed by atoms with Crippen molar-refractivity contribution in [1.82, 2.24) is 9.21 Å². The lowest BCUT2D eigenvalue weighted by molar-refractivity contribution is 0.0787. The molecule has 2 N–H and O–H groups in total. The Balaban J connectivity index is 2.34. The first kappa shape index (κ1) is 18.9. The van der Waals surface area contributed by atoms with E-state index in [-0.39, 0.29) is 10.8 Å². The summed E-state index contributed by atoms with van der Waals surface area (Å²) in [5.41, 5.74) is 6.75. The van der Waals surface area contributed by atoms with Crippen LogP contribution in [0.5, 0.6) is 0 Å². The topological polar surface area (TPSA) is 83.7 Å². The number of amides is 1. The van der Waals surface area contributed by atoms with E-state index in [1.54, 1.807) is 24.0 Å². The van der Waals surface area contributed by atoms with Crippen LogP contribution in [0.2, 0.25) is 0 Å². The van der Waals surface area contributed by atoms with Crippen molar-refractivity contribution in [3.63, 3.8) is 0 Å². The zero-order valence-electron chi connectivity index (χ0n) is 14.7. The molecule has 0 bridgehead atoms. The molecule has 134 valence electrons. The van der Waals surface area contributed by atoms with E-state index in [4.69, 9.17) is 5.73 Å². The number of nitrogens with zero attached hydrogens (tertiary/aromatic N) is 2. The second kappa shape index (κ2) is 7.63. The Morgan fingerprint density at radius 3 is 2.54 bits per heavy atom. The zero-order chi connectivity index (χ0) is 17.9. The summed E-state index contributed by atoms with van der Waals surface area (Å²) in [6.07, 6.45) is 0.901. The molecule has 1 atom stereocenters. The van der Waals surface area contributed by atoms with E-state index in [1.165, 1.54) is 10.4 Å². The number of rotatable bonds is 6. The highest BCUT2D eigenvalue weighted by Crippen LogP contribution is 2.24. The molecule has 1 aromatic carbocycles. The first-order valence-corrected chi connectivity index (χ1v) is 9.89. The average Bonchev–Trinajstić information content (AvgIpc) is 3.04. The smallest absolute Gasteiger partial charge is 0.253 e. The molecule has 0 saturated carbocycles. The first-order chi connectivity index (χ1) is 11.3. The van der Waals surface area contributed by atoms with Gasteiger partial charge in [-0.1, -0.05) is 19.9 Å². The summed E-state index contributed by atoms with van der Waals surface area (Å²) in [4.78, 5) is 14.7. The van der Waals surface area contributed by atoms with Crippen molar-refractivity contribution in [3.05, 3.63) is 29.3 Å². The average molecular weight is 353 g/mol. The Kier molecular flexibility index (Phi) is 6.01. The van der Waals surface area contributed by atoms with Crippen LogP contribution in [0.3, 0.4) is 0 Å². The van der Waals surface area contributed by atoms with Gasteiger partial charge in [0.1, 0.15) is 0 Å². The fraction of sp³-hybridized carbons (Fsp3) is 0.588. The maximum Gasteiger partial charge on any atom is 0.253 e. The molecule has 1 aliphatic rings. The number of nitrogens with two attached hydrogens (primary N) is 1. The van der Waals surface area contributed by atoms with Crippen molar-refractivity contribution in [2.45, 2.75) is 32.1 Å². The Hall–Kier alpha value is -1.44. The van der Waals surface area contributed by atoms with Gasteiger partial charge in [-0.2, -0.15) is 4.31 Å². The SMILES string of the molecule is CCN(CC)S(=O)(=O)c1cc(C(=O)N2CCC(CN)C2)ccc1C. The quantitative estimate of drug-likeness (QED) is 0.839. The van der Waals surface area contributed by atoms with Crippen LogP contribution in [-0.4, -0.2) is 56.3 Å². The van der Waals surface area contributed by atoms with Crippen LogP contribution < -0.4 is 5.73 Å². The molecule has 0 radical (unpaired) electrons. The van der Waals surface area contributed by atoms with Crippen LogP contribution in [0.25, 0.3) is 0 Å². The van der Waals surface area contributed by atoms with Crippen molar-refractivity contribution in [2.75, 3.05) is 32.7 Å². The fourth-order valence-corrected chi connectivity index (χ4v) is 4.81. The van der Waals surface area contributed by atoms with E-state index in [0.29, 0.717) is 49.8 Å². The summed E-state index contributed by atoms with van der Waals surface area (Å²) in [5.74, 6) is 0.209. The van der Waals surface area contributed by atoms with Gasteiger partial charge in [-0.3, -0.25) is 4.79 Å². The number of sulfonamides is 1. The van der Waals surface area contributed by atoms with Gasteiger partial charge in [0.2, 0.25) is 10.0 Å². The van der Waals surface area contributed by atoms with Gasteiger partial charge < -0.3 is 10.6 Å². The molecule has 1 aliphatic heterocycles. The van der Waals surface area contributed by atoms with E-state index < -0.39 is 10.0 Å². The third-order valence-electron chi connectivity index (χ3n) is 4.66. The summed E-state index contributed by atoms with van der Waals surface area (Å²) in [7, 11) is -3.58. The van der Waals surface area contributed by atoms with E-state index in [1.807, 2.05) is 13.8 Å². The minimum absolute atomic E-state index is 0.123. The Morgan fingerprint density at radius 1 is 1.33 bits per heavy atom. The van der Waals surface area contributed by atoms with Crippen molar-refractivity contribution in [3.8, 4) is 0 Å². The molecule has 1 unspecified atom stereocenters. The van der Waals surface area contributed by atoms with Gasteiger partial charge in [-0.25, -0.2) is 8.42 Å². The van der Waals surface area contributed by atoms with Gasteiger partial charge in [0.15, 0.2) is 0 Å². The molecule has 1 amide bonds. The molecule has 0 spiro atoms. The number of likely N-dealkylation sites (tertiary alicyclic amines) is 1. The lowest BCUT2D eigenvalue weighted by Gasteiger charge is -2.21. The Bertz CT molecular complexity index is 699. The molecule has 0 aromatic heterocycles. The molecule has 2 rings (SSSR count). The molecular formula is C17H27N3O3S. The van der Waals surface area contributed by atoms with Gasteiger partial charge in [-0.15, -0.1) is 0 Å². The first-order valence-electron chi connectivity index (χ1n) is 8.45. The molecule has 1 heterocycles. The Labute approximate surface area is 144 Å².